The number of fused-ring (bicyclic) bond motifs is 2. The molecule has 33 heavy (non-hydrogen) atoms. The van der Waals surface area contributed by atoms with E-state index < -0.39 is 5.97 Å². The molecule has 0 bridgehead atoms. The fraction of sp³-hybridized carbons (Fsp3) is 0.0769. The number of methoxy groups -OCH3 is 1. The van der Waals surface area contributed by atoms with Crippen molar-refractivity contribution in [2.75, 3.05) is 12.4 Å². The molecular weight excluding hydrogens is 416 g/mol. The van der Waals surface area contributed by atoms with Crippen molar-refractivity contribution in [3.63, 3.8) is 0 Å². The number of pyridine rings is 1. The van der Waals surface area contributed by atoms with E-state index in [0.29, 0.717) is 29.1 Å². The van der Waals surface area contributed by atoms with Crippen LogP contribution in [-0.2, 0) is 11.3 Å². The van der Waals surface area contributed by atoms with E-state index >= 15 is 0 Å². The largest absolute Gasteiger partial charge is 0.465 e. The Bertz CT molecular complexity index is 1490. The zero-order valence-corrected chi connectivity index (χ0v) is 17.9. The predicted octanol–water partition coefficient (Wildman–Crippen LogP) is 4.67. The molecule has 0 aliphatic rings. The van der Waals surface area contributed by atoms with Gasteiger partial charge in [-0.1, -0.05) is 60.7 Å². The number of carbonyl (C=O) groups is 2. The number of hydrogen-bond acceptors (Lipinski definition) is 5. The van der Waals surface area contributed by atoms with Gasteiger partial charge in [0.1, 0.15) is 11.2 Å². The van der Waals surface area contributed by atoms with Crippen LogP contribution in [-0.4, -0.2) is 33.5 Å². The lowest BCUT2D eigenvalue weighted by Gasteiger charge is -2.10. The first kappa shape index (κ1) is 20.4. The van der Waals surface area contributed by atoms with E-state index in [1.165, 1.54) is 7.11 Å². The minimum atomic E-state index is -0.487. The summed E-state index contributed by atoms with van der Waals surface area (Å²) < 4.78 is 6.79. The summed E-state index contributed by atoms with van der Waals surface area (Å²) in [5.74, 6) is -0.547. The number of esters is 1. The average molecular weight is 436 g/mol. The van der Waals surface area contributed by atoms with E-state index in [1.807, 2.05) is 65.2 Å². The molecule has 0 saturated heterocycles. The van der Waals surface area contributed by atoms with E-state index in [9.17, 15) is 9.59 Å². The van der Waals surface area contributed by atoms with Gasteiger partial charge in [-0.05, 0) is 29.1 Å². The van der Waals surface area contributed by atoms with Crippen molar-refractivity contribution in [1.82, 2.24) is 14.5 Å². The Labute approximate surface area is 189 Å². The number of ether oxygens (including phenoxy) is 1. The van der Waals surface area contributed by atoms with E-state index in [-0.39, 0.29) is 11.6 Å². The number of nitrogens with one attached hydrogen (secondary N) is 1. The lowest BCUT2D eigenvalue weighted by molar-refractivity contribution is 0.0602. The van der Waals surface area contributed by atoms with Crippen LogP contribution in [0.15, 0.2) is 85.1 Å². The first-order chi connectivity index (χ1) is 16.1. The van der Waals surface area contributed by atoms with Gasteiger partial charge in [-0.25, -0.2) is 9.78 Å². The number of carbonyl (C=O) groups excluding carboxylic acids is 2. The maximum absolute atomic E-state index is 13.1. The van der Waals surface area contributed by atoms with Crippen LogP contribution in [0.3, 0.4) is 0 Å². The molecule has 0 aliphatic carbocycles. The summed E-state index contributed by atoms with van der Waals surface area (Å²) in [6.07, 6.45) is 1.67. The van der Waals surface area contributed by atoms with Gasteiger partial charge in [0.15, 0.2) is 0 Å². The van der Waals surface area contributed by atoms with Gasteiger partial charge in [0.2, 0.25) is 5.95 Å². The Morgan fingerprint density at radius 3 is 2.48 bits per heavy atom. The average Bonchev–Trinajstić information content (AvgIpc) is 3.20. The van der Waals surface area contributed by atoms with Crippen molar-refractivity contribution in [2.24, 2.45) is 0 Å². The topological polar surface area (TPSA) is 86.1 Å². The van der Waals surface area contributed by atoms with E-state index in [4.69, 9.17) is 4.74 Å². The molecule has 2 aromatic heterocycles. The van der Waals surface area contributed by atoms with E-state index in [1.54, 1.807) is 24.4 Å². The first-order valence-electron chi connectivity index (χ1n) is 10.4. The third kappa shape index (κ3) is 3.92. The SMILES string of the molecule is COC(=O)c1cccc2c1nc(NC(=O)c1cc3ccccc3cn1)n2Cc1ccccc1. The van der Waals surface area contributed by atoms with Gasteiger partial charge in [-0.3, -0.25) is 15.1 Å². The molecule has 5 aromatic rings. The number of amides is 1. The van der Waals surface area contributed by atoms with Crippen LogP contribution in [0.25, 0.3) is 21.8 Å². The van der Waals surface area contributed by atoms with Gasteiger partial charge in [-0.15, -0.1) is 0 Å². The van der Waals surface area contributed by atoms with Crippen LogP contribution in [0, 0.1) is 0 Å². The van der Waals surface area contributed by atoms with Crippen LogP contribution in [0.4, 0.5) is 5.95 Å². The van der Waals surface area contributed by atoms with Gasteiger partial charge in [-0.2, -0.15) is 0 Å². The second-order valence-electron chi connectivity index (χ2n) is 7.54. The molecule has 7 heteroatoms. The second-order valence-corrected chi connectivity index (χ2v) is 7.54. The highest BCUT2D eigenvalue weighted by molar-refractivity contribution is 6.06. The third-order valence-corrected chi connectivity index (χ3v) is 5.46. The summed E-state index contributed by atoms with van der Waals surface area (Å²) in [6.45, 7) is 0.461. The van der Waals surface area contributed by atoms with Gasteiger partial charge in [0, 0.05) is 11.6 Å². The lowest BCUT2D eigenvalue weighted by atomic mass is 10.1. The number of nitrogens with zero attached hydrogens (tertiary/aromatic N) is 3. The first-order valence-corrected chi connectivity index (χ1v) is 10.4. The minimum absolute atomic E-state index is 0.278. The summed E-state index contributed by atoms with van der Waals surface area (Å²) in [5, 5.41) is 4.76. The Balaban J connectivity index is 1.58. The van der Waals surface area contributed by atoms with Crippen molar-refractivity contribution >= 4 is 39.6 Å². The van der Waals surface area contributed by atoms with Gasteiger partial charge < -0.3 is 9.30 Å². The lowest BCUT2D eigenvalue weighted by Crippen LogP contribution is -2.17. The zero-order chi connectivity index (χ0) is 22.8. The van der Waals surface area contributed by atoms with E-state index in [2.05, 4.69) is 15.3 Å². The number of aromatic nitrogens is 3. The highest BCUT2D eigenvalue weighted by Gasteiger charge is 2.20. The highest BCUT2D eigenvalue weighted by Crippen LogP contribution is 2.25. The minimum Gasteiger partial charge on any atom is -0.465 e. The summed E-state index contributed by atoms with van der Waals surface area (Å²) in [4.78, 5) is 34.3. The molecule has 0 fully saturated rings. The molecule has 2 heterocycles. The smallest absolute Gasteiger partial charge is 0.340 e. The molecule has 3 aromatic carbocycles. The van der Waals surface area contributed by atoms with Crippen molar-refractivity contribution in [1.29, 1.82) is 0 Å². The number of para-hydroxylation sites is 1. The van der Waals surface area contributed by atoms with Gasteiger partial charge in [0.25, 0.3) is 5.91 Å². The number of anilines is 1. The molecule has 5 rings (SSSR count). The van der Waals surface area contributed by atoms with Gasteiger partial charge >= 0.3 is 5.97 Å². The van der Waals surface area contributed by atoms with Crippen LogP contribution in [0.1, 0.15) is 26.4 Å². The molecule has 0 radical (unpaired) electrons. The standard InChI is InChI=1S/C26H20N4O3/c1-33-25(32)20-12-7-13-22-23(20)28-26(30(22)16-17-8-3-2-4-9-17)29-24(31)21-14-18-10-5-6-11-19(18)15-27-21/h2-15H,16H2,1H3,(H,28,29,31). The van der Waals surface area contributed by atoms with Crippen molar-refractivity contribution < 1.29 is 14.3 Å². The number of hydrogen-bond donors (Lipinski definition) is 1. The summed E-state index contributed by atoms with van der Waals surface area (Å²) in [6, 6.07) is 24.6. The monoisotopic (exact) mass is 436 g/mol. The number of imidazole rings is 1. The Morgan fingerprint density at radius 2 is 1.70 bits per heavy atom. The highest BCUT2D eigenvalue weighted by atomic mass is 16.5. The van der Waals surface area contributed by atoms with Crippen LogP contribution in [0.5, 0.6) is 0 Å². The number of rotatable bonds is 5. The molecule has 0 spiro atoms. The fourth-order valence-electron chi connectivity index (χ4n) is 3.82. The van der Waals surface area contributed by atoms with Gasteiger partial charge in [0.05, 0.1) is 24.7 Å². The molecule has 0 unspecified atom stereocenters. The van der Waals surface area contributed by atoms with Crippen LogP contribution < -0.4 is 5.32 Å². The molecule has 0 atom stereocenters. The van der Waals surface area contributed by atoms with Crippen LogP contribution in [0.2, 0.25) is 0 Å². The Kier molecular flexibility index (Phi) is 5.28. The summed E-state index contributed by atoms with van der Waals surface area (Å²) in [7, 11) is 1.33. The maximum atomic E-state index is 13.1. The molecule has 162 valence electrons. The van der Waals surface area contributed by atoms with Crippen molar-refractivity contribution in [3.8, 4) is 0 Å². The molecule has 1 N–H and O–H groups in total. The second kappa shape index (κ2) is 8.55. The normalized spacial score (nSPS) is 10.9. The van der Waals surface area contributed by atoms with Crippen molar-refractivity contribution in [3.05, 3.63) is 102 Å². The van der Waals surface area contributed by atoms with E-state index in [0.717, 1.165) is 16.3 Å². The predicted molar refractivity (Wildman–Crippen MR) is 126 cm³/mol. The molecule has 0 saturated carbocycles. The molecule has 7 nitrogen and oxygen atoms in total. The van der Waals surface area contributed by atoms with Crippen LogP contribution >= 0.6 is 0 Å². The molecule has 0 aliphatic heterocycles. The van der Waals surface area contributed by atoms with Crippen molar-refractivity contribution in [2.45, 2.75) is 6.54 Å². The number of benzene rings is 3. The summed E-state index contributed by atoms with van der Waals surface area (Å²) in [5.41, 5.74) is 2.81. The molecular formula is C26H20N4O3. The quantitative estimate of drug-likeness (QED) is 0.405. The molecule has 1 amide bonds. The third-order valence-electron chi connectivity index (χ3n) is 5.46. The summed E-state index contributed by atoms with van der Waals surface area (Å²) >= 11 is 0. The maximum Gasteiger partial charge on any atom is 0.340 e. The zero-order valence-electron chi connectivity index (χ0n) is 17.9. The Hall–Kier alpha value is -4.52. The Morgan fingerprint density at radius 1 is 0.939 bits per heavy atom. The fourth-order valence-corrected chi connectivity index (χ4v) is 3.82.